The summed E-state index contributed by atoms with van der Waals surface area (Å²) in [6, 6.07) is 0. The zero-order valence-electron chi connectivity index (χ0n) is 6.57. The van der Waals surface area contributed by atoms with Gasteiger partial charge in [-0.2, -0.15) is 4.90 Å². The molecule has 4 nitrogen and oxygen atoms in total. The van der Waals surface area contributed by atoms with E-state index >= 15 is 0 Å². The Balaban J connectivity index is 2.84. The van der Waals surface area contributed by atoms with E-state index < -0.39 is 6.09 Å². The Labute approximate surface area is 79.2 Å². The van der Waals surface area contributed by atoms with E-state index in [9.17, 15) is 9.59 Å². The molecule has 0 aromatic heterocycles. The summed E-state index contributed by atoms with van der Waals surface area (Å²) in [5.74, 6) is -0.308. The molecule has 0 spiro atoms. The summed E-state index contributed by atoms with van der Waals surface area (Å²) >= 11 is 5.99. The normalized spacial score (nSPS) is 23.2. The molecule has 6 heteroatoms. The first-order valence-electron chi connectivity index (χ1n) is 3.20. The second-order valence-electron chi connectivity index (χ2n) is 2.17. The number of nitrogens with zero attached hydrogens (tertiary/aromatic N) is 1. The van der Waals surface area contributed by atoms with Crippen LogP contribution in [0.2, 0.25) is 0 Å². The number of hydrogen-bond acceptors (Lipinski definition) is 5. The molecule has 1 aliphatic heterocycles. The lowest BCUT2D eigenvalue weighted by atomic mass is 10.4. The summed E-state index contributed by atoms with van der Waals surface area (Å²) in [5, 5.41) is -0.281. The first-order chi connectivity index (χ1) is 5.57. The van der Waals surface area contributed by atoms with Crippen molar-refractivity contribution in [2.24, 2.45) is 0 Å². The van der Waals surface area contributed by atoms with E-state index in [2.05, 4.69) is 4.74 Å². The monoisotopic (exact) mass is 205 g/mol. The van der Waals surface area contributed by atoms with Gasteiger partial charge >= 0.3 is 6.09 Å². The van der Waals surface area contributed by atoms with Gasteiger partial charge in [0.15, 0.2) is 4.32 Å². The smallest absolute Gasteiger partial charge is 0.422 e. The molecule has 1 aliphatic rings. The third kappa shape index (κ3) is 1.44. The van der Waals surface area contributed by atoms with Crippen LogP contribution in [0.5, 0.6) is 0 Å². The highest BCUT2D eigenvalue weighted by molar-refractivity contribution is 8.24. The van der Waals surface area contributed by atoms with Gasteiger partial charge in [-0.15, -0.1) is 0 Å². The van der Waals surface area contributed by atoms with Gasteiger partial charge in [0.2, 0.25) is 0 Å². The summed E-state index contributed by atoms with van der Waals surface area (Å²) in [5.41, 5.74) is 0. The van der Waals surface area contributed by atoms with Gasteiger partial charge in [0, 0.05) is 0 Å². The average molecular weight is 205 g/mol. The van der Waals surface area contributed by atoms with Gasteiger partial charge in [0.1, 0.15) is 0 Å². The highest BCUT2D eigenvalue weighted by Crippen LogP contribution is 2.26. The van der Waals surface area contributed by atoms with Gasteiger partial charge in [-0.1, -0.05) is 24.0 Å². The molecule has 1 fully saturated rings. The van der Waals surface area contributed by atoms with Crippen molar-refractivity contribution in [2.75, 3.05) is 7.11 Å². The van der Waals surface area contributed by atoms with Crippen molar-refractivity contribution in [2.45, 2.75) is 12.2 Å². The first kappa shape index (κ1) is 9.47. The summed E-state index contributed by atoms with van der Waals surface area (Å²) < 4.78 is 4.65. The minimum Gasteiger partial charge on any atom is -0.452 e. The van der Waals surface area contributed by atoms with Crippen LogP contribution in [0, 0.1) is 0 Å². The molecule has 0 aliphatic carbocycles. The summed E-state index contributed by atoms with van der Waals surface area (Å²) in [6.07, 6.45) is -0.707. The van der Waals surface area contributed by atoms with Gasteiger partial charge in [-0.05, 0) is 6.92 Å². The van der Waals surface area contributed by atoms with Crippen molar-refractivity contribution in [3.05, 3.63) is 0 Å². The average Bonchev–Trinajstić information content (AvgIpc) is 2.26. The number of ether oxygens (including phenoxy) is 1. The summed E-state index contributed by atoms with van der Waals surface area (Å²) in [7, 11) is 1.21. The highest BCUT2D eigenvalue weighted by Gasteiger charge is 2.38. The second kappa shape index (κ2) is 3.40. The molecule has 12 heavy (non-hydrogen) atoms. The predicted octanol–water partition coefficient (Wildman–Crippen LogP) is 1.00. The van der Waals surface area contributed by atoms with Crippen molar-refractivity contribution in [3.8, 4) is 0 Å². The minimum atomic E-state index is -0.707. The quantitative estimate of drug-likeness (QED) is 0.552. The van der Waals surface area contributed by atoms with E-state index in [-0.39, 0.29) is 15.5 Å². The Bertz CT molecular complexity index is 245. The topological polar surface area (TPSA) is 46.6 Å². The van der Waals surface area contributed by atoms with Gasteiger partial charge in [-0.3, -0.25) is 4.79 Å². The van der Waals surface area contributed by atoms with Crippen LogP contribution in [0.25, 0.3) is 0 Å². The van der Waals surface area contributed by atoms with Crippen LogP contribution in [0.1, 0.15) is 6.92 Å². The van der Waals surface area contributed by atoms with Crippen molar-refractivity contribution in [3.63, 3.8) is 0 Å². The third-order valence-corrected chi connectivity index (χ3v) is 2.80. The number of thioether (sulfide) groups is 1. The van der Waals surface area contributed by atoms with Crippen molar-refractivity contribution in [1.29, 1.82) is 0 Å². The first-order valence-corrected chi connectivity index (χ1v) is 4.49. The van der Waals surface area contributed by atoms with Crippen LogP contribution >= 0.6 is 24.0 Å². The molecule has 0 radical (unpaired) electrons. The number of amides is 2. The Morgan fingerprint density at radius 3 is 2.67 bits per heavy atom. The Morgan fingerprint density at radius 2 is 2.33 bits per heavy atom. The number of imide groups is 1. The van der Waals surface area contributed by atoms with Crippen molar-refractivity contribution in [1.82, 2.24) is 4.90 Å². The van der Waals surface area contributed by atoms with E-state index in [1.54, 1.807) is 6.92 Å². The molecule has 1 atom stereocenters. The van der Waals surface area contributed by atoms with Gasteiger partial charge in [0.25, 0.3) is 5.91 Å². The highest BCUT2D eigenvalue weighted by atomic mass is 32.2. The molecule has 1 saturated heterocycles. The van der Waals surface area contributed by atoms with Crippen LogP contribution < -0.4 is 0 Å². The zero-order valence-corrected chi connectivity index (χ0v) is 8.20. The number of rotatable bonds is 0. The lowest BCUT2D eigenvalue weighted by Gasteiger charge is -2.10. The maximum Gasteiger partial charge on any atom is 0.422 e. The summed E-state index contributed by atoms with van der Waals surface area (Å²) in [6.45, 7) is 1.70. The molecule has 0 bridgehead atoms. The fourth-order valence-corrected chi connectivity index (χ4v) is 2.16. The zero-order chi connectivity index (χ0) is 9.30. The molecule has 0 saturated carbocycles. The van der Waals surface area contributed by atoms with Gasteiger partial charge in [-0.25, -0.2) is 4.79 Å². The minimum absolute atomic E-state index is 0.263. The van der Waals surface area contributed by atoms with Gasteiger partial charge < -0.3 is 4.74 Å². The standard InChI is InChI=1S/C6H7NO3S2/c1-3-4(8)7(5(9)10-2)6(11)12-3/h3H,1-2H3. The maximum absolute atomic E-state index is 11.2. The molecule has 66 valence electrons. The Kier molecular flexibility index (Phi) is 2.69. The fourth-order valence-electron chi connectivity index (χ4n) is 0.782. The predicted molar refractivity (Wildman–Crippen MR) is 48.9 cm³/mol. The molecule has 1 unspecified atom stereocenters. The lowest BCUT2D eigenvalue weighted by molar-refractivity contribution is -0.124. The van der Waals surface area contributed by atoms with Crippen LogP contribution in [0.4, 0.5) is 4.79 Å². The van der Waals surface area contributed by atoms with E-state index in [1.807, 2.05) is 0 Å². The van der Waals surface area contributed by atoms with Crippen LogP contribution in [0.15, 0.2) is 0 Å². The molecule has 0 aromatic carbocycles. The molecule has 2 amide bonds. The van der Waals surface area contributed by atoms with Crippen LogP contribution in [0.3, 0.4) is 0 Å². The van der Waals surface area contributed by atoms with Gasteiger partial charge in [0.05, 0.1) is 12.4 Å². The SMILES string of the molecule is COC(=O)N1C(=O)C(C)SC1=S. The summed E-state index contributed by atoms with van der Waals surface area (Å²) in [4.78, 5) is 23.1. The largest absolute Gasteiger partial charge is 0.452 e. The molecule has 1 rings (SSSR count). The van der Waals surface area contributed by atoms with Crippen LogP contribution in [-0.4, -0.2) is 33.6 Å². The third-order valence-electron chi connectivity index (χ3n) is 1.39. The molecule has 0 N–H and O–H groups in total. The number of methoxy groups -OCH3 is 1. The fraction of sp³-hybridized carbons (Fsp3) is 0.500. The van der Waals surface area contributed by atoms with E-state index in [0.717, 1.165) is 4.90 Å². The maximum atomic E-state index is 11.2. The second-order valence-corrected chi connectivity index (χ2v) is 4.14. The molecule has 0 aromatic rings. The van der Waals surface area contributed by atoms with Crippen molar-refractivity contribution >= 4 is 40.3 Å². The van der Waals surface area contributed by atoms with Crippen LogP contribution in [-0.2, 0) is 9.53 Å². The van der Waals surface area contributed by atoms with Crippen molar-refractivity contribution < 1.29 is 14.3 Å². The Hall–Kier alpha value is -0.620. The lowest BCUT2D eigenvalue weighted by Crippen LogP contribution is -2.36. The number of hydrogen-bond donors (Lipinski definition) is 0. The van der Waals surface area contributed by atoms with E-state index in [4.69, 9.17) is 12.2 Å². The molecule has 1 heterocycles. The Morgan fingerprint density at radius 1 is 1.75 bits per heavy atom. The molecular formula is C6H7NO3S2. The molecular weight excluding hydrogens is 198 g/mol. The van der Waals surface area contributed by atoms with E-state index in [1.165, 1.54) is 18.9 Å². The number of carbonyl (C=O) groups excluding carboxylic acids is 2. The number of carbonyl (C=O) groups is 2. The van der Waals surface area contributed by atoms with E-state index in [0.29, 0.717) is 0 Å². The number of thiocarbonyl (C=S) groups is 1.